The molecule has 1 aliphatic heterocycles. The zero-order valence-electron chi connectivity index (χ0n) is 17.4. The van der Waals surface area contributed by atoms with E-state index >= 15 is 0 Å². The van der Waals surface area contributed by atoms with Crippen LogP contribution in [0.3, 0.4) is 0 Å². The number of rotatable bonds is 6. The van der Waals surface area contributed by atoms with E-state index in [4.69, 9.17) is 21.1 Å². The van der Waals surface area contributed by atoms with Gasteiger partial charge in [-0.15, -0.1) is 0 Å². The topological polar surface area (TPSA) is 64.6 Å². The molecule has 1 N–H and O–H groups in total. The van der Waals surface area contributed by atoms with Crippen LogP contribution in [0.5, 0.6) is 0 Å². The number of hydrogen-bond donors (Lipinski definition) is 1. The summed E-state index contributed by atoms with van der Waals surface area (Å²) in [6.45, 7) is 8.98. The fraction of sp³-hybridized carbons (Fsp3) is 0.478. The van der Waals surface area contributed by atoms with E-state index in [-0.39, 0.29) is 17.8 Å². The first-order valence-corrected chi connectivity index (χ1v) is 10.4. The van der Waals surface area contributed by atoms with Crippen molar-refractivity contribution >= 4 is 23.4 Å². The number of dihydropyridines is 1. The van der Waals surface area contributed by atoms with Crippen LogP contribution in [0.1, 0.15) is 52.0 Å². The number of Topliss-reactive ketones (excluding diaryl/α,β-unsaturated/α-hetero) is 1. The summed E-state index contributed by atoms with van der Waals surface area (Å²) in [5, 5.41) is 3.89. The van der Waals surface area contributed by atoms with Gasteiger partial charge < -0.3 is 14.8 Å². The number of allylic oxidation sites excluding steroid dienone is 3. The fourth-order valence-corrected chi connectivity index (χ4v) is 4.34. The van der Waals surface area contributed by atoms with Crippen molar-refractivity contribution in [1.29, 1.82) is 0 Å². The minimum absolute atomic E-state index is 0.0563. The maximum Gasteiger partial charge on any atom is 0.336 e. The lowest BCUT2D eigenvalue weighted by atomic mass is 9.68. The number of esters is 1. The standard InChI is InChI=1S/C23H28ClNO4/c1-5-28-9-10-29-22(27)19-14(2)25-17-12-23(3,4)13-18(26)21(17)20(19)15-7-6-8-16(24)11-15/h6-8,11,20,25H,5,9-10,12-13H2,1-4H3. The Kier molecular flexibility index (Phi) is 6.49. The molecule has 3 rings (SSSR count). The van der Waals surface area contributed by atoms with Crippen molar-refractivity contribution in [1.82, 2.24) is 5.32 Å². The molecule has 0 radical (unpaired) electrons. The third-order valence-corrected chi connectivity index (χ3v) is 5.54. The van der Waals surface area contributed by atoms with Crippen molar-refractivity contribution in [2.75, 3.05) is 19.8 Å². The highest BCUT2D eigenvalue weighted by Gasteiger charge is 2.43. The van der Waals surface area contributed by atoms with E-state index in [1.165, 1.54) is 0 Å². The molecule has 1 aromatic carbocycles. The van der Waals surface area contributed by atoms with Gasteiger partial charge in [0.05, 0.1) is 12.2 Å². The van der Waals surface area contributed by atoms with Gasteiger partial charge in [0.25, 0.3) is 0 Å². The molecule has 0 amide bonds. The summed E-state index contributed by atoms with van der Waals surface area (Å²) in [5.74, 6) is -0.877. The number of benzene rings is 1. The third-order valence-electron chi connectivity index (χ3n) is 5.31. The Morgan fingerprint density at radius 1 is 1.28 bits per heavy atom. The van der Waals surface area contributed by atoms with Gasteiger partial charge >= 0.3 is 5.97 Å². The van der Waals surface area contributed by atoms with Gasteiger partial charge in [0.15, 0.2) is 5.78 Å². The largest absolute Gasteiger partial charge is 0.460 e. The number of ether oxygens (including phenoxy) is 2. The SMILES string of the molecule is CCOCCOC(=O)C1=C(C)NC2=C(C(=O)CC(C)(C)C2)C1c1cccc(Cl)c1. The molecule has 0 saturated heterocycles. The first-order chi connectivity index (χ1) is 13.7. The lowest BCUT2D eigenvalue weighted by Crippen LogP contribution is -2.38. The highest BCUT2D eigenvalue weighted by atomic mass is 35.5. The number of nitrogens with one attached hydrogen (secondary N) is 1. The average Bonchev–Trinajstić information content (AvgIpc) is 2.63. The summed E-state index contributed by atoms with van der Waals surface area (Å²) in [5.41, 5.74) is 3.39. The van der Waals surface area contributed by atoms with Crippen molar-refractivity contribution in [2.24, 2.45) is 5.41 Å². The fourth-order valence-electron chi connectivity index (χ4n) is 4.14. The zero-order valence-corrected chi connectivity index (χ0v) is 18.2. The van der Waals surface area contributed by atoms with Crippen molar-refractivity contribution in [3.63, 3.8) is 0 Å². The van der Waals surface area contributed by atoms with Gasteiger partial charge in [0.2, 0.25) is 0 Å². The first-order valence-electron chi connectivity index (χ1n) is 9.98. The van der Waals surface area contributed by atoms with Crippen molar-refractivity contribution in [3.8, 4) is 0 Å². The molecular weight excluding hydrogens is 390 g/mol. The number of carbonyl (C=O) groups excluding carboxylic acids is 2. The maximum atomic E-state index is 13.2. The zero-order chi connectivity index (χ0) is 21.2. The number of ketones is 1. The van der Waals surface area contributed by atoms with Crippen LogP contribution in [-0.4, -0.2) is 31.6 Å². The van der Waals surface area contributed by atoms with Gasteiger partial charge in [-0.1, -0.05) is 37.6 Å². The number of halogens is 1. The smallest absolute Gasteiger partial charge is 0.336 e. The Hall–Kier alpha value is -2.11. The molecule has 2 aliphatic rings. The second-order valence-electron chi connectivity index (χ2n) is 8.32. The molecule has 1 aliphatic carbocycles. The van der Waals surface area contributed by atoms with Crippen LogP contribution in [0.4, 0.5) is 0 Å². The minimum Gasteiger partial charge on any atom is -0.460 e. The molecule has 1 unspecified atom stereocenters. The summed E-state index contributed by atoms with van der Waals surface area (Å²) in [6.07, 6.45) is 1.19. The quantitative estimate of drug-likeness (QED) is 0.544. The molecule has 0 spiro atoms. The molecule has 1 atom stereocenters. The third kappa shape index (κ3) is 4.73. The molecule has 0 bridgehead atoms. The minimum atomic E-state index is -0.492. The van der Waals surface area contributed by atoms with E-state index in [0.29, 0.717) is 41.5 Å². The van der Waals surface area contributed by atoms with Crippen molar-refractivity contribution in [2.45, 2.75) is 46.5 Å². The van der Waals surface area contributed by atoms with Crippen molar-refractivity contribution < 1.29 is 19.1 Å². The molecule has 5 nitrogen and oxygen atoms in total. The van der Waals surface area contributed by atoms with Crippen LogP contribution in [0.15, 0.2) is 46.8 Å². The van der Waals surface area contributed by atoms with Gasteiger partial charge in [0.1, 0.15) is 6.61 Å². The average molecular weight is 418 g/mol. The molecule has 1 heterocycles. The summed E-state index contributed by atoms with van der Waals surface area (Å²) in [7, 11) is 0. The van der Waals surface area contributed by atoms with Crippen molar-refractivity contribution in [3.05, 3.63) is 57.4 Å². The summed E-state index contributed by atoms with van der Waals surface area (Å²) < 4.78 is 10.7. The van der Waals surface area contributed by atoms with Crippen LogP contribution < -0.4 is 5.32 Å². The Labute approximate surface area is 177 Å². The molecule has 156 valence electrons. The van der Waals surface area contributed by atoms with E-state index < -0.39 is 11.9 Å². The van der Waals surface area contributed by atoms with Crippen LogP contribution in [0, 0.1) is 5.41 Å². The van der Waals surface area contributed by atoms with Crippen LogP contribution >= 0.6 is 11.6 Å². The van der Waals surface area contributed by atoms with Crippen LogP contribution in [0.25, 0.3) is 0 Å². The van der Waals surface area contributed by atoms with Gasteiger partial charge in [-0.05, 0) is 43.4 Å². The highest BCUT2D eigenvalue weighted by molar-refractivity contribution is 6.30. The summed E-state index contributed by atoms with van der Waals surface area (Å²) in [6, 6.07) is 7.34. The maximum absolute atomic E-state index is 13.2. The normalized spacial score (nSPS) is 21.0. The number of hydrogen-bond acceptors (Lipinski definition) is 5. The highest BCUT2D eigenvalue weighted by Crippen LogP contribution is 2.47. The second-order valence-corrected chi connectivity index (χ2v) is 8.75. The van der Waals surface area contributed by atoms with E-state index in [1.54, 1.807) is 6.07 Å². The summed E-state index contributed by atoms with van der Waals surface area (Å²) >= 11 is 6.24. The predicted molar refractivity (Wildman–Crippen MR) is 113 cm³/mol. The first kappa shape index (κ1) is 21.6. The van der Waals surface area contributed by atoms with Crippen LogP contribution in [0.2, 0.25) is 5.02 Å². The van der Waals surface area contributed by atoms with E-state index in [0.717, 1.165) is 17.7 Å². The van der Waals surface area contributed by atoms with E-state index in [9.17, 15) is 9.59 Å². The monoisotopic (exact) mass is 417 g/mol. The Morgan fingerprint density at radius 3 is 2.72 bits per heavy atom. The lowest BCUT2D eigenvalue weighted by Gasteiger charge is -2.39. The van der Waals surface area contributed by atoms with Gasteiger partial charge in [0, 0.05) is 40.9 Å². The van der Waals surface area contributed by atoms with E-state index in [2.05, 4.69) is 19.2 Å². The molecule has 6 heteroatoms. The molecule has 0 saturated carbocycles. The van der Waals surface area contributed by atoms with Crippen LogP contribution in [-0.2, 0) is 19.1 Å². The lowest BCUT2D eigenvalue weighted by molar-refractivity contribution is -0.140. The van der Waals surface area contributed by atoms with E-state index in [1.807, 2.05) is 32.0 Å². The molecule has 0 fully saturated rings. The Balaban J connectivity index is 2.03. The number of carbonyl (C=O) groups is 2. The Bertz CT molecular complexity index is 885. The van der Waals surface area contributed by atoms with Gasteiger partial charge in [-0.2, -0.15) is 0 Å². The second kappa shape index (κ2) is 8.72. The Morgan fingerprint density at radius 2 is 2.03 bits per heavy atom. The molecule has 0 aromatic heterocycles. The van der Waals surface area contributed by atoms with Gasteiger partial charge in [-0.25, -0.2) is 4.79 Å². The molecular formula is C23H28ClNO4. The molecule has 29 heavy (non-hydrogen) atoms. The predicted octanol–water partition coefficient (Wildman–Crippen LogP) is 4.52. The summed E-state index contributed by atoms with van der Waals surface area (Å²) in [4.78, 5) is 26.2. The van der Waals surface area contributed by atoms with Gasteiger partial charge in [-0.3, -0.25) is 4.79 Å². The molecule has 1 aromatic rings.